The molecule has 0 spiro atoms. The zero-order valence-electron chi connectivity index (χ0n) is 7.78. The predicted molar refractivity (Wildman–Crippen MR) is 60.0 cm³/mol. The molecule has 2 aliphatic rings. The highest BCUT2D eigenvalue weighted by Gasteiger charge is 2.29. The third kappa shape index (κ3) is 2.44. The van der Waals surface area contributed by atoms with Gasteiger partial charge in [-0.05, 0) is 18.8 Å². The van der Waals surface area contributed by atoms with Crippen LogP contribution in [0.25, 0.3) is 0 Å². The molecule has 0 N–H and O–H groups in total. The Bertz CT molecular complexity index is 205. The van der Waals surface area contributed by atoms with Crippen molar-refractivity contribution >= 4 is 22.6 Å². The van der Waals surface area contributed by atoms with E-state index in [0.717, 1.165) is 19.4 Å². The van der Waals surface area contributed by atoms with Crippen LogP contribution < -0.4 is 0 Å². The highest BCUT2D eigenvalue weighted by atomic mass is 127. The van der Waals surface area contributed by atoms with E-state index in [-0.39, 0.29) is 12.4 Å². The Balaban J connectivity index is 1.81. The molecule has 0 radical (unpaired) electrons. The fourth-order valence-electron chi connectivity index (χ4n) is 1.77. The SMILES string of the molecule is C[C@@H]1C=C[C@H](O[C@@H]2OCC[C@@H]2I)C1. The fraction of sp³-hybridized carbons (Fsp3) is 0.800. The molecule has 1 aliphatic carbocycles. The van der Waals surface area contributed by atoms with Crippen molar-refractivity contribution in [3.63, 3.8) is 0 Å². The van der Waals surface area contributed by atoms with E-state index in [1.165, 1.54) is 0 Å². The first kappa shape index (κ1) is 9.93. The quantitative estimate of drug-likeness (QED) is 0.442. The van der Waals surface area contributed by atoms with Gasteiger partial charge in [0.15, 0.2) is 6.29 Å². The lowest BCUT2D eigenvalue weighted by molar-refractivity contribution is -0.127. The van der Waals surface area contributed by atoms with E-state index in [4.69, 9.17) is 9.47 Å². The highest BCUT2D eigenvalue weighted by Crippen LogP contribution is 2.27. The number of hydrogen-bond donors (Lipinski definition) is 0. The molecular weight excluding hydrogens is 279 g/mol. The summed E-state index contributed by atoms with van der Waals surface area (Å²) in [5, 5.41) is 0. The van der Waals surface area contributed by atoms with E-state index in [2.05, 4.69) is 41.7 Å². The fourth-order valence-corrected chi connectivity index (χ4v) is 2.40. The van der Waals surface area contributed by atoms with Crippen molar-refractivity contribution in [1.82, 2.24) is 0 Å². The van der Waals surface area contributed by atoms with Gasteiger partial charge in [-0.15, -0.1) is 0 Å². The predicted octanol–water partition coefficient (Wildman–Crippen LogP) is 2.52. The molecule has 3 heteroatoms. The van der Waals surface area contributed by atoms with Crippen LogP contribution in [0.4, 0.5) is 0 Å². The lowest BCUT2D eigenvalue weighted by Gasteiger charge is -2.19. The summed E-state index contributed by atoms with van der Waals surface area (Å²) in [5.74, 6) is 0.666. The van der Waals surface area contributed by atoms with E-state index < -0.39 is 0 Å². The molecule has 0 amide bonds. The molecule has 0 unspecified atom stereocenters. The summed E-state index contributed by atoms with van der Waals surface area (Å²) in [7, 11) is 0. The molecule has 13 heavy (non-hydrogen) atoms. The van der Waals surface area contributed by atoms with Gasteiger partial charge in [-0.25, -0.2) is 0 Å². The minimum absolute atomic E-state index is 0.0283. The average Bonchev–Trinajstić information content (AvgIpc) is 2.64. The lowest BCUT2D eigenvalue weighted by atomic mass is 10.1. The maximum atomic E-state index is 5.84. The largest absolute Gasteiger partial charge is 0.351 e. The van der Waals surface area contributed by atoms with Gasteiger partial charge in [0.25, 0.3) is 0 Å². The van der Waals surface area contributed by atoms with Crippen molar-refractivity contribution in [2.45, 2.75) is 36.1 Å². The third-order valence-corrected chi connectivity index (χ3v) is 3.75. The van der Waals surface area contributed by atoms with Crippen LogP contribution in [0.3, 0.4) is 0 Å². The van der Waals surface area contributed by atoms with Crippen molar-refractivity contribution in [2.75, 3.05) is 6.61 Å². The maximum Gasteiger partial charge on any atom is 0.170 e. The van der Waals surface area contributed by atoms with Crippen LogP contribution in [-0.4, -0.2) is 22.9 Å². The Morgan fingerprint density at radius 1 is 1.46 bits per heavy atom. The molecular formula is C10H15IO2. The van der Waals surface area contributed by atoms with Crippen LogP contribution in [0, 0.1) is 5.92 Å². The first-order valence-electron chi connectivity index (χ1n) is 4.85. The molecule has 0 saturated carbocycles. The van der Waals surface area contributed by atoms with Gasteiger partial charge in [-0.1, -0.05) is 41.7 Å². The first-order chi connectivity index (χ1) is 6.25. The van der Waals surface area contributed by atoms with Gasteiger partial charge in [0.2, 0.25) is 0 Å². The second-order valence-electron chi connectivity index (χ2n) is 3.82. The topological polar surface area (TPSA) is 18.5 Å². The molecule has 2 rings (SSSR count). The molecule has 1 fully saturated rings. The number of alkyl halides is 1. The Hall–Kier alpha value is 0.390. The average molecular weight is 294 g/mol. The standard InChI is InChI=1S/C10H15IO2/c1-7-2-3-8(6-7)13-10-9(11)4-5-12-10/h2-3,7-10H,4-6H2,1H3/t7-,8+,9+,10+/m1/s1. The maximum absolute atomic E-state index is 5.84. The van der Waals surface area contributed by atoms with Gasteiger partial charge in [-0.3, -0.25) is 0 Å². The molecule has 0 aromatic heterocycles. The number of ether oxygens (including phenoxy) is 2. The number of rotatable bonds is 2. The van der Waals surface area contributed by atoms with E-state index >= 15 is 0 Å². The van der Waals surface area contributed by atoms with Crippen LogP contribution in [0.5, 0.6) is 0 Å². The van der Waals surface area contributed by atoms with E-state index in [0.29, 0.717) is 9.84 Å². The minimum atomic E-state index is 0.0283. The van der Waals surface area contributed by atoms with E-state index in [1.807, 2.05) is 0 Å². The molecule has 4 atom stereocenters. The van der Waals surface area contributed by atoms with Crippen molar-refractivity contribution in [3.05, 3.63) is 12.2 Å². The molecule has 1 aliphatic heterocycles. The summed E-state index contributed by atoms with van der Waals surface area (Å²) >= 11 is 2.41. The van der Waals surface area contributed by atoms with Crippen LogP contribution in [0.1, 0.15) is 19.8 Å². The molecule has 1 heterocycles. The molecule has 74 valence electrons. The second kappa shape index (κ2) is 4.28. The van der Waals surface area contributed by atoms with Crippen molar-refractivity contribution in [2.24, 2.45) is 5.92 Å². The third-order valence-electron chi connectivity index (χ3n) is 2.54. The van der Waals surface area contributed by atoms with Crippen molar-refractivity contribution < 1.29 is 9.47 Å². The number of allylic oxidation sites excluding steroid dienone is 1. The van der Waals surface area contributed by atoms with Crippen LogP contribution in [0.15, 0.2) is 12.2 Å². The normalized spacial score (nSPS) is 44.5. The molecule has 0 aromatic carbocycles. The Labute approximate surface area is 92.8 Å². The summed E-state index contributed by atoms with van der Waals surface area (Å²) in [5.41, 5.74) is 0. The molecule has 0 bridgehead atoms. The number of hydrogen-bond acceptors (Lipinski definition) is 2. The van der Waals surface area contributed by atoms with E-state index in [9.17, 15) is 0 Å². The molecule has 0 aromatic rings. The van der Waals surface area contributed by atoms with Gasteiger partial charge in [0.05, 0.1) is 16.6 Å². The summed E-state index contributed by atoms with van der Waals surface area (Å²) in [6, 6.07) is 0. The summed E-state index contributed by atoms with van der Waals surface area (Å²) in [4.78, 5) is 0. The van der Waals surface area contributed by atoms with Crippen molar-refractivity contribution in [1.29, 1.82) is 0 Å². The summed E-state index contributed by atoms with van der Waals surface area (Å²) < 4.78 is 11.9. The van der Waals surface area contributed by atoms with Crippen LogP contribution in [-0.2, 0) is 9.47 Å². The highest BCUT2D eigenvalue weighted by molar-refractivity contribution is 14.1. The Kier molecular flexibility index (Phi) is 3.26. The monoisotopic (exact) mass is 294 g/mol. The molecule has 2 nitrogen and oxygen atoms in total. The van der Waals surface area contributed by atoms with Gasteiger partial charge in [0, 0.05) is 0 Å². The van der Waals surface area contributed by atoms with Crippen LogP contribution in [0.2, 0.25) is 0 Å². The van der Waals surface area contributed by atoms with Crippen LogP contribution >= 0.6 is 22.6 Å². The molecule has 1 saturated heterocycles. The number of halogens is 1. The van der Waals surface area contributed by atoms with Crippen molar-refractivity contribution in [3.8, 4) is 0 Å². The lowest BCUT2D eigenvalue weighted by Crippen LogP contribution is -2.25. The van der Waals surface area contributed by atoms with Gasteiger partial charge >= 0.3 is 0 Å². The van der Waals surface area contributed by atoms with E-state index in [1.54, 1.807) is 0 Å². The minimum Gasteiger partial charge on any atom is -0.351 e. The summed E-state index contributed by atoms with van der Waals surface area (Å²) in [6.45, 7) is 3.07. The first-order valence-corrected chi connectivity index (χ1v) is 6.10. The Morgan fingerprint density at radius 2 is 2.31 bits per heavy atom. The smallest absolute Gasteiger partial charge is 0.170 e. The Morgan fingerprint density at radius 3 is 2.85 bits per heavy atom. The van der Waals surface area contributed by atoms with Gasteiger partial charge < -0.3 is 9.47 Å². The zero-order chi connectivity index (χ0) is 9.26. The second-order valence-corrected chi connectivity index (χ2v) is 5.42. The van der Waals surface area contributed by atoms with Gasteiger partial charge in [-0.2, -0.15) is 0 Å². The zero-order valence-corrected chi connectivity index (χ0v) is 9.94. The summed E-state index contributed by atoms with van der Waals surface area (Å²) in [6.07, 6.45) is 6.94. The van der Waals surface area contributed by atoms with Gasteiger partial charge in [0.1, 0.15) is 0 Å².